The van der Waals surface area contributed by atoms with Crippen LogP contribution < -0.4 is 10.0 Å². The van der Waals surface area contributed by atoms with Crippen molar-refractivity contribution in [1.82, 2.24) is 8.61 Å². The lowest BCUT2D eigenvalue weighted by Gasteiger charge is -2.38. The van der Waals surface area contributed by atoms with Gasteiger partial charge in [-0.05, 0) is 66.7 Å². The van der Waals surface area contributed by atoms with Crippen LogP contribution in [0.15, 0.2) is 118 Å². The Hall–Kier alpha value is -4.00. The molecule has 1 saturated heterocycles. The van der Waals surface area contributed by atoms with Crippen molar-refractivity contribution >= 4 is 59.0 Å². The Bertz CT molecular complexity index is 2140. The highest BCUT2D eigenvalue weighted by atomic mass is 35.5. The van der Waals surface area contributed by atoms with Gasteiger partial charge >= 0.3 is 6.18 Å². The Morgan fingerprint density at radius 1 is 0.708 bits per heavy atom. The molecule has 0 aromatic heterocycles. The molecule has 1 heterocycles. The van der Waals surface area contributed by atoms with Crippen molar-refractivity contribution in [3.63, 3.8) is 0 Å². The number of nitrogens with zero attached hydrogens (tertiary/aromatic N) is 2. The summed E-state index contributed by atoms with van der Waals surface area (Å²) in [6.07, 6.45) is -4.82. The number of alkyl halides is 3. The molecule has 11 nitrogen and oxygen atoms in total. The summed E-state index contributed by atoms with van der Waals surface area (Å²) < 4.78 is 124. The number of benzene rings is 4. The molecule has 0 unspecified atom stereocenters. The van der Waals surface area contributed by atoms with E-state index >= 15 is 0 Å². The molecule has 48 heavy (non-hydrogen) atoms. The molecule has 0 aliphatic carbocycles. The van der Waals surface area contributed by atoms with Crippen LogP contribution in [0.2, 0.25) is 5.02 Å². The quantitative estimate of drug-likeness (QED) is 0.249. The molecular weight excluding hydrogens is 717 g/mol. The zero-order valence-electron chi connectivity index (χ0n) is 24.5. The summed E-state index contributed by atoms with van der Waals surface area (Å²) >= 11 is 5.61. The van der Waals surface area contributed by atoms with Crippen LogP contribution in [-0.2, 0) is 41.0 Å². The summed E-state index contributed by atoms with van der Waals surface area (Å²) in [5.74, 6) is -0.892. The Kier molecular flexibility index (Phi) is 9.92. The van der Waals surface area contributed by atoms with E-state index in [4.69, 9.17) is 11.6 Å². The number of piperazine rings is 1. The van der Waals surface area contributed by atoms with Crippen LogP contribution in [0, 0.1) is 0 Å². The predicted molar refractivity (Wildman–Crippen MR) is 172 cm³/mol. The van der Waals surface area contributed by atoms with E-state index in [1.807, 2.05) is 4.72 Å². The van der Waals surface area contributed by atoms with Crippen LogP contribution >= 0.6 is 11.6 Å². The minimum Gasteiger partial charge on any atom is -0.325 e. The van der Waals surface area contributed by atoms with E-state index in [9.17, 15) is 43.2 Å². The van der Waals surface area contributed by atoms with Crippen LogP contribution in [0.25, 0.3) is 0 Å². The van der Waals surface area contributed by atoms with Crippen molar-refractivity contribution in [3.05, 3.63) is 114 Å². The fourth-order valence-electron chi connectivity index (χ4n) is 4.89. The van der Waals surface area contributed by atoms with Gasteiger partial charge in [0, 0.05) is 31.0 Å². The fraction of sp³-hybridized carbons (Fsp3) is 0.167. The van der Waals surface area contributed by atoms with E-state index < -0.39 is 71.0 Å². The number of carbonyl (C=O) groups is 1. The molecule has 4 aromatic carbocycles. The van der Waals surface area contributed by atoms with E-state index in [1.54, 1.807) is 12.1 Å². The van der Waals surface area contributed by atoms with E-state index in [0.717, 1.165) is 32.9 Å². The number of amides is 1. The molecule has 1 atom stereocenters. The molecule has 4 aromatic rings. The van der Waals surface area contributed by atoms with Crippen molar-refractivity contribution < 1.29 is 43.2 Å². The lowest BCUT2D eigenvalue weighted by molar-refractivity contribution is -0.137. The summed E-state index contributed by atoms with van der Waals surface area (Å²) in [4.78, 5) is 13.1. The van der Waals surface area contributed by atoms with Gasteiger partial charge in [0.1, 0.15) is 6.04 Å². The van der Waals surface area contributed by atoms with Crippen molar-refractivity contribution in [2.75, 3.05) is 29.7 Å². The summed E-state index contributed by atoms with van der Waals surface area (Å²) in [6.45, 7) is -1.10. The zero-order valence-corrected chi connectivity index (χ0v) is 27.7. The van der Waals surface area contributed by atoms with Crippen LogP contribution in [0.1, 0.15) is 5.56 Å². The van der Waals surface area contributed by atoms with Gasteiger partial charge in [0.2, 0.25) is 26.0 Å². The largest absolute Gasteiger partial charge is 0.417 e. The number of sulfonamides is 3. The first-order valence-electron chi connectivity index (χ1n) is 13.9. The second-order valence-corrected chi connectivity index (χ2v) is 16.4. The summed E-state index contributed by atoms with van der Waals surface area (Å²) in [5.41, 5.74) is -1.59. The highest BCUT2D eigenvalue weighted by molar-refractivity contribution is 7.92. The van der Waals surface area contributed by atoms with E-state index in [0.29, 0.717) is 6.07 Å². The average Bonchev–Trinajstić information content (AvgIpc) is 3.05. The van der Waals surface area contributed by atoms with Crippen molar-refractivity contribution in [2.45, 2.75) is 26.9 Å². The van der Waals surface area contributed by atoms with E-state index in [-0.39, 0.29) is 33.5 Å². The third-order valence-electron chi connectivity index (χ3n) is 7.28. The number of anilines is 2. The van der Waals surface area contributed by atoms with Crippen molar-refractivity contribution in [1.29, 1.82) is 0 Å². The summed E-state index contributed by atoms with van der Waals surface area (Å²) in [6, 6.07) is 20.3. The highest BCUT2D eigenvalue weighted by Gasteiger charge is 2.43. The Balaban J connectivity index is 1.39. The van der Waals surface area contributed by atoms with Gasteiger partial charge in [0.15, 0.2) is 0 Å². The number of halogens is 4. The summed E-state index contributed by atoms with van der Waals surface area (Å²) in [5, 5.41) is 1.90. The summed E-state index contributed by atoms with van der Waals surface area (Å²) in [7, 11) is -12.8. The van der Waals surface area contributed by atoms with Gasteiger partial charge in [-0.15, -0.1) is 0 Å². The standard InChI is InChI=1S/C30H26ClF3N4O7S3/c31-27-16-13-22(19-26(27)30(32,33)34)36-46(40,41)23-14-11-21(12-15-23)35-29(39)28-20-37(47(42,43)24-7-3-1-4-8-24)17-18-38(28)48(44,45)25-9-5-2-6-10-25/h1-16,19,28,36H,17-18,20H2,(H,35,39)/t28-/m0/s1. The maximum Gasteiger partial charge on any atom is 0.417 e. The molecule has 1 fully saturated rings. The van der Waals surface area contributed by atoms with Gasteiger partial charge in [0.05, 0.1) is 25.3 Å². The third-order valence-corrected chi connectivity index (χ3v) is 12.8. The molecule has 0 spiro atoms. The lowest BCUT2D eigenvalue weighted by Crippen LogP contribution is -2.60. The minimum absolute atomic E-state index is 0.0323. The maximum atomic E-state index is 13.7. The lowest BCUT2D eigenvalue weighted by atomic mass is 10.2. The van der Waals surface area contributed by atoms with Gasteiger partial charge in [-0.3, -0.25) is 9.52 Å². The molecule has 2 N–H and O–H groups in total. The van der Waals surface area contributed by atoms with Crippen LogP contribution in [0.3, 0.4) is 0 Å². The first kappa shape index (κ1) is 35.3. The van der Waals surface area contributed by atoms with Crippen LogP contribution in [0.5, 0.6) is 0 Å². The molecule has 0 radical (unpaired) electrons. The Labute approximate surface area is 280 Å². The van der Waals surface area contributed by atoms with Crippen LogP contribution in [0.4, 0.5) is 24.5 Å². The number of nitrogens with one attached hydrogen (secondary N) is 2. The normalized spacial score (nSPS) is 16.7. The second-order valence-electron chi connectivity index (χ2n) is 10.4. The van der Waals surface area contributed by atoms with Crippen LogP contribution in [-0.4, -0.2) is 65.4 Å². The molecular formula is C30H26ClF3N4O7S3. The van der Waals surface area contributed by atoms with Gasteiger partial charge in [-0.1, -0.05) is 48.0 Å². The third kappa shape index (κ3) is 7.50. The molecule has 1 aliphatic heterocycles. The van der Waals surface area contributed by atoms with Gasteiger partial charge in [-0.25, -0.2) is 25.3 Å². The minimum atomic E-state index is -4.82. The fourth-order valence-corrected chi connectivity index (χ4v) is 9.22. The number of carbonyl (C=O) groups excluding carboxylic acids is 1. The molecule has 0 saturated carbocycles. The first-order valence-corrected chi connectivity index (χ1v) is 18.7. The molecule has 18 heteroatoms. The SMILES string of the molecule is O=C(Nc1ccc(S(=O)(=O)Nc2ccc(Cl)c(C(F)(F)F)c2)cc1)[C@@H]1CN(S(=O)(=O)c2ccccc2)CCN1S(=O)(=O)c1ccccc1. The van der Waals surface area contributed by atoms with E-state index in [1.165, 1.54) is 60.7 Å². The molecule has 1 aliphatic rings. The topological polar surface area (TPSA) is 150 Å². The average molecular weight is 743 g/mol. The number of hydrogen-bond donors (Lipinski definition) is 2. The maximum absolute atomic E-state index is 13.7. The second kappa shape index (κ2) is 13.5. The zero-order chi connectivity index (χ0) is 34.9. The van der Waals surface area contributed by atoms with Gasteiger partial charge in [-0.2, -0.15) is 21.8 Å². The molecule has 254 valence electrons. The molecule has 0 bridgehead atoms. The monoisotopic (exact) mass is 742 g/mol. The molecule has 5 rings (SSSR count). The predicted octanol–water partition coefficient (Wildman–Crippen LogP) is 4.86. The highest BCUT2D eigenvalue weighted by Crippen LogP contribution is 2.36. The van der Waals surface area contributed by atoms with Gasteiger partial charge < -0.3 is 5.32 Å². The first-order chi connectivity index (χ1) is 22.5. The number of hydrogen-bond acceptors (Lipinski definition) is 7. The van der Waals surface area contributed by atoms with E-state index in [2.05, 4.69) is 5.32 Å². The van der Waals surface area contributed by atoms with Gasteiger partial charge in [0.25, 0.3) is 10.0 Å². The Morgan fingerprint density at radius 3 is 1.81 bits per heavy atom. The molecule has 1 amide bonds. The van der Waals surface area contributed by atoms with Crippen molar-refractivity contribution in [2.24, 2.45) is 0 Å². The Morgan fingerprint density at radius 2 is 1.25 bits per heavy atom. The number of rotatable bonds is 9. The smallest absolute Gasteiger partial charge is 0.325 e. The van der Waals surface area contributed by atoms with Crippen molar-refractivity contribution in [3.8, 4) is 0 Å².